The Balaban J connectivity index is 2.09. The molecule has 1 unspecified atom stereocenters. The van der Waals surface area contributed by atoms with Crippen molar-refractivity contribution < 1.29 is 13.2 Å². The summed E-state index contributed by atoms with van der Waals surface area (Å²) in [6.07, 6.45) is 0.828. The van der Waals surface area contributed by atoms with E-state index in [1.54, 1.807) is 24.3 Å². The molecule has 1 aromatic carbocycles. The minimum absolute atomic E-state index is 0.00404. The Kier molecular flexibility index (Phi) is 4.44. The van der Waals surface area contributed by atoms with Crippen molar-refractivity contribution in [2.24, 2.45) is 0 Å². The van der Waals surface area contributed by atoms with Crippen LogP contribution in [0, 0.1) is 0 Å². The first-order valence-electron chi connectivity index (χ1n) is 6.45. The highest BCUT2D eigenvalue weighted by Gasteiger charge is 2.28. The molecule has 0 spiro atoms. The number of hydrogen-bond acceptors (Lipinski definition) is 4. The van der Waals surface area contributed by atoms with Gasteiger partial charge < -0.3 is 10.5 Å². The summed E-state index contributed by atoms with van der Waals surface area (Å²) in [4.78, 5) is 0. The second kappa shape index (κ2) is 5.90. The lowest BCUT2D eigenvalue weighted by molar-refractivity contribution is -0.00282. The number of sulfonamides is 1. The van der Waals surface area contributed by atoms with Crippen molar-refractivity contribution in [3.8, 4) is 0 Å². The SMILES string of the molecule is CCC1CN(S(=O)(=O)Cc2cccc(N)c2)CCO1. The third-order valence-corrected chi connectivity index (χ3v) is 5.07. The van der Waals surface area contributed by atoms with Crippen LogP contribution in [0.25, 0.3) is 0 Å². The molecular formula is C13H20N2O3S. The van der Waals surface area contributed by atoms with Crippen LogP contribution in [0.2, 0.25) is 0 Å². The molecule has 1 fully saturated rings. The number of benzene rings is 1. The molecule has 1 heterocycles. The van der Waals surface area contributed by atoms with E-state index in [9.17, 15) is 8.42 Å². The molecule has 6 heteroatoms. The summed E-state index contributed by atoms with van der Waals surface area (Å²) < 4.78 is 31.7. The summed E-state index contributed by atoms with van der Waals surface area (Å²) in [7, 11) is -3.30. The zero-order chi connectivity index (χ0) is 13.9. The summed E-state index contributed by atoms with van der Waals surface area (Å²) in [6, 6.07) is 7.01. The van der Waals surface area contributed by atoms with Gasteiger partial charge in [0.2, 0.25) is 10.0 Å². The van der Waals surface area contributed by atoms with E-state index in [-0.39, 0.29) is 11.9 Å². The Bertz CT molecular complexity index is 530. The van der Waals surface area contributed by atoms with Crippen LogP contribution in [-0.2, 0) is 20.5 Å². The number of nitrogen functional groups attached to an aromatic ring is 1. The molecule has 0 amide bonds. The predicted octanol–water partition coefficient (Wildman–Crippen LogP) is 1.21. The van der Waals surface area contributed by atoms with Crippen molar-refractivity contribution in [1.82, 2.24) is 4.31 Å². The van der Waals surface area contributed by atoms with Crippen LogP contribution < -0.4 is 5.73 Å². The van der Waals surface area contributed by atoms with Gasteiger partial charge in [0.25, 0.3) is 0 Å². The minimum Gasteiger partial charge on any atom is -0.399 e. The van der Waals surface area contributed by atoms with Crippen molar-refractivity contribution >= 4 is 15.7 Å². The van der Waals surface area contributed by atoms with E-state index >= 15 is 0 Å². The fourth-order valence-electron chi connectivity index (χ4n) is 2.18. The second-order valence-electron chi connectivity index (χ2n) is 4.76. The van der Waals surface area contributed by atoms with Crippen LogP contribution in [0.5, 0.6) is 0 Å². The third-order valence-electron chi connectivity index (χ3n) is 3.25. The molecule has 1 saturated heterocycles. The van der Waals surface area contributed by atoms with E-state index in [1.165, 1.54) is 4.31 Å². The van der Waals surface area contributed by atoms with Gasteiger partial charge in [0.15, 0.2) is 0 Å². The molecule has 1 atom stereocenters. The predicted molar refractivity (Wildman–Crippen MR) is 75.1 cm³/mol. The molecule has 106 valence electrons. The van der Waals surface area contributed by atoms with Gasteiger partial charge in [-0.15, -0.1) is 0 Å². The first-order valence-corrected chi connectivity index (χ1v) is 8.06. The monoisotopic (exact) mass is 284 g/mol. The number of hydrogen-bond donors (Lipinski definition) is 1. The smallest absolute Gasteiger partial charge is 0.218 e. The number of nitrogens with zero attached hydrogens (tertiary/aromatic N) is 1. The maximum absolute atomic E-state index is 12.4. The fourth-order valence-corrected chi connectivity index (χ4v) is 3.71. The van der Waals surface area contributed by atoms with Gasteiger partial charge in [-0.3, -0.25) is 0 Å². The molecule has 1 aliphatic heterocycles. The lowest BCUT2D eigenvalue weighted by atomic mass is 10.2. The zero-order valence-corrected chi connectivity index (χ0v) is 11.9. The summed E-state index contributed by atoms with van der Waals surface area (Å²) in [5.41, 5.74) is 6.98. The largest absolute Gasteiger partial charge is 0.399 e. The molecule has 2 rings (SSSR count). The van der Waals surface area contributed by atoms with Gasteiger partial charge in [-0.05, 0) is 24.1 Å². The zero-order valence-electron chi connectivity index (χ0n) is 11.1. The van der Waals surface area contributed by atoms with Crippen molar-refractivity contribution in [1.29, 1.82) is 0 Å². The third kappa shape index (κ3) is 3.68. The molecule has 0 radical (unpaired) electrons. The van der Waals surface area contributed by atoms with Crippen LogP contribution in [0.15, 0.2) is 24.3 Å². The molecule has 1 aromatic rings. The number of ether oxygens (including phenoxy) is 1. The quantitative estimate of drug-likeness (QED) is 0.844. The highest BCUT2D eigenvalue weighted by atomic mass is 32.2. The van der Waals surface area contributed by atoms with Crippen LogP contribution in [0.3, 0.4) is 0 Å². The van der Waals surface area contributed by atoms with Gasteiger partial charge in [0, 0.05) is 18.8 Å². The highest BCUT2D eigenvalue weighted by molar-refractivity contribution is 7.88. The molecule has 0 saturated carbocycles. The summed E-state index contributed by atoms with van der Waals surface area (Å²) >= 11 is 0. The van der Waals surface area contributed by atoms with Gasteiger partial charge in [0.1, 0.15) is 0 Å². The standard InChI is InChI=1S/C13H20N2O3S/c1-2-13-9-15(6-7-18-13)19(16,17)10-11-4-3-5-12(14)8-11/h3-5,8,13H,2,6-7,9-10,14H2,1H3. The van der Waals surface area contributed by atoms with E-state index in [0.717, 1.165) is 12.0 Å². The van der Waals surface area contributed by atoms with Crippen molar-refractivity contribution in [3.05, 3.63) is 29.8 Å². The van der Waals surface area contributed by atoms with Gasteiger partial charge in [0.05, 0.1) is 18.5 Å². The number of anilines is 1. The Hall–Kier alpha value is -1.11. The Morgan fingerprint density at radius 1 is 1.47 bits per heavy atom. The lowest BCUT2D eigenvalue weighted by Crippen LogP contribution is -2.45. The molecule has 0 bridgehead atoms. The molecule has 5 nitrogen and oxygen atoms in total. The fraction of sp³-hybridized carbons (Fsp3) is 0.538. The second-order valence-corrected chi connectivity index (χ2v) is 6.73. The molecule has 2 N–H and O–H groups in total. The molecule has 0 aliphatic carbocycles. The van der Waals surface area contributed by atoms with Crippen LogP contribution in [0.1, 0.15) is 18.9 Å². The van der Waals surface area contributed by atoms with Crippen LogP contribution in [0.4, 0.5) is 5.69 Å². The number of morpholine rings is 1. The first-order chi connectivity index (χ1) is 9.01. The average Bonchev–Trinajstić information content (AvgIpc) is 2.38. The summed E-state index contributed by atoms with van der Waals surface area (Å²) in [5, 5.41) is 0. The van der Waals surface area contributed by atoms with Crippen molar-refractivity contribution in [3.63, 3.8) is 0 Å². The van der Waals surface area contributed by atoms with E-state index in [4.69, 9.17) is 10.5 Å². The average molecular weight is 284 g/mol. The molecular weight excluding hydrogens is 264 g/mol. The lowest BCUT2D eigenvalue weighted by Gasteiger charge is -2.31. The Morgan fingerprint density at radius 3 is 2.95 bits per heavy atom. The van der Waals surface area contributed by atoms with E-state index in [2.05, 4.69) is 0 Å². The van der Waals surface area contributed by atoms with Crippen LogP contribution in [-0.4, -0.2) is 38.5 Å². The minimum atomic E-state index is -3.30. The Labute approximate surface area is 114 Å². The summed E-state index contributed by atoms with van der Waals surface area (Å²) in [6.45, 7) is 3.34. The molecule has 1 aliphatic rings. The summed E-state index contributed by atoms with van der Waals surface area (Å²) in [5.74, 6) is -0.00548. The topological polar surface area (TPSA) is 72.6 Å². The van der Waals surface area contributed by atoms with Gasteiger partial charge in [-0.2, -0.15) is 4.31 Å². The first kappa shape index (κ1) is 14.3. The molecule has 0 aromatic heterocycles. The number of nitrogens with two attached hydrogens (primary N) is 1. The normalized spacial score (nSPS) is 21.4. The van der Waals surface area contributed by atoms with E-state index in [0.29, 0.717) is 25.4 Å². The van der Waals surface area contributed by atoms with E-state index in [1.807, 2.05) is 6.92 Å². The highest BCUT2D eigenvalue weighted by Crippen LogP contribution is 2.17. The molecule has 19 heavy (non-hydrogen) atoms. The Morgan fingerprint density at radius 2 is 2.26 bits per heavy atom. The van der Waals surface area contributed by atoms with Crippen molar-refractivity contribution in [2.75, 3.05) is 25.4 Å². The van der Waals surface area contributed by atoms with Gasteiger partial charge in [-0.1, -0.05) is 19.1 Å². The van der Waals surface area contributed by atoms with Crippen LogP contribution >= 0.6 is 0 Å². The number of rotatable bonds is 4. The maximum Gasteiger partial charge on any atom is 0.218 e. The van der Waals surface area contributed by atoms with Crippen molar-refractivity contribution in [2.45, 2.75) is 25.2 Å². The van der Waals surface area contributed by atoms with Gasteiger partial charge >= 0.3 is 0 Å². The maximum atomic E-state index is 12.4. The van der Waals surface area contributed by atoms with Gasteiger partial charge in [-0.25, -0.2) is 8.42 Å². The van der Waals surface area contributed by atoms with E-state index < -0.39 is 10.0 Å².